The molecule has 2 amide bonds. The largest absolute Gasteiger partial charge is 0.318 e. The van der Waals surface area contributed by atoms with E-state index in [0.29, 0.717) is 11.4 Å². The highest BCUT2D eigenvalue weighted by atomic mass is 16.2. The number of fused-ring (bicyclic) bond motifs is 6. The second kappa shape index (κ2) is 6.56. The van der Waals surface area contributed by atoms with E-state index in [0.717, 1.165) is 32.3 Å². The van der Waals surface area contributed by atoms with Crippen molar-refractivity contribution < 1.29 is 19.2 Å². The van der Waals surface area contributed by atoms with E-state index in [1.807, 2.05) is 24.3 Å². The van der Waals surface area contributed by atoms with E-state index in [1.165, 1.54) is 12.2 Å². The zero-order chi connectivity index (χ0) is 20.8. The van der Waals surface area contributed by atoms with Gasteiger partial charge in [0.15, 0.2) is 0 Å². The second-order valence-corrected chi connectivity index (χ2v) is 6.74. The summed E-state index contributed by atoms with van der Waals surface area (Å²) in [4.78, 5) is 53.0. The predicted molar refractivity (Wildman–Crippen MR) is 109 cm³/mol. The van der Waals surface area contributed by atoms with Gasteiger partial charge in [0.2, 0.25) is 11.6 Å². The summed E-state index contributed by atoms with van der Waals surface area (Å²) in [6, 6.07) is 7.22. The van der Waals surface area contributed by atoms with Crippen molar-refractivity contribution in [2.45, 2.75) is 0 Å². The first kappa shape index (κ1) is 17.6. The molecule has 6 rings (SSSR count). The highest BCUT2D eigenvalue weighted by Crippen LogP contribution is 2.14. The first-order chi connectivity index (χ1) is 14.5. The number of rotatable bonds is 0. The fourth-order valence-electron chi connectivity index (χ4n) is 3.48. The van der Waals surface area contributed by atoms with Crippen LogP contribution in [0.2, 0.25) is 0 Å². The van der Waals surface area contributed by atoms with Crippen molar-refractivity contribution in [3.05, 3.63) is 68.9 Å². The van der Waals surface area contributed by atoms with E-state index >= 15 is 0 Å². The van der Waals surface area contributed by atoms with Crippen LogP contribution in [0.15, 0.2) is 46.7 Å². The Morgan fingerprint density at radius 1 is 0.600 bits per heavy atom. The third kappa shape index (κ3) is 2.78. The maximum atomic E-state index is 11.2. The van der Waals surface area contributed by atoms with Gasteiger partial charge in [-0.05, 0) is 24.3 Å². The predicted octanol–water partition coefficient (Wildman–Crippen LogP) is -0.816. The average Bonchev–Trinajstić information content (AvgIpc) is 3.40. The maximum absolute atomic E-state index is 11.2. The molecule has 2 aromatic carbocycles. The summed E-state index contributed by atoms with van der Waals surface area (Å²) in [6.45, 7) is 0. The van der Waals surface area contributed by atoms with E-state index in [-0.39, 0.29) is 0 Å². The van der Waals surface area contributed by atoms with Crippen molar-refractivity contribution in [3.8, 4) is 0 Å². The Hall–Kier alpha value is -4.46. The number of carbonyl (C=O) groups is 4. The van der Waals surface area contributed by atoms with Gasteiger partial charge in [-0.3, -0.25) is 29.2 Å². The molecule has 0 saturated heterocycles. The summed E-state index contributed by atoms with van der Waals surface area (Å²) in [5.41, 5.74) is 3.08. The van der Waals surface area contributed by atoms with Crippen LogP contribution in [0, 0.1) is 0 Å². The molecule has 2 aromatic rings. The number of hydrogen-bond acceptors (Lipinski definition) is 6. The minimum absolute atomic E-state index is 0.513. The molecule has 2 N–H and O–H groups in total. The van der Waals surface area contributed by atoms with Gasteiger partial charge in [0.1, 0.15) is 0 Å². The second-order valence-electron chi connectivity index (χ2n) is 6.74. The molecule has 4 aliphatic heterocycles. The number of nitrogens with zero attached hydrogens (tertiary/aromatic N) is 2. The summed E-state index contributed by atoms with van der Waals surface area (Å²) in [5, 5.41) is 8.26. The highest BCUT2D eigenvalue weighted by Gasteiger charge is 2.21. The lowest BCUT2D eigenvalue weighted by Crippen LogP contribution is -2.33. The molecule has 4 heterocycles. The first-order valence-corrected chi connectivity index (χ1v) is 9.00. The minimum Gasteiger partial charge on any atom is -0.318 e. The molecule has 4 aliphatic rings. The average molecular weight is 396 g/mol. The SMILES string of the molecule is O=C1C=c2ccc3c(c2NC1=O)C=CN=3.O=C1C=c2ccc3c(c2NC1=O)C=CN=3. The van der Waals surface area contributed by atoms with Gasteiger partial charge in [-0.15, -0.1) is 0 Å². The summed E-state index contributed by atoms with van der Waals surface area (Å²) in [7, 11) is 0. The maximum Gasteiger partial charge on any atom is 0.296 e. The smallest absolute Gasteiger partial charge is 0.296 e. The van der Waals surface area contributed by atoms with Crippen molar-refractivity contribution in [1.82, 2.24) is 0 Å². The van der Waals surface area contributed by atoms with Crippen LogP contribution in [0.1, 0.15) is 11.1 Å². The topological polar surface area (TPSA) is 117 Å². The van der Waals surface area contributed by atoms with Crippen molar-refractivity contribution in [1.29, 1.82) is 0 Å². The van der Waals surface area contributed by atoms with Crippen LogP contribution < -0.4 is 31.8 Å². The van der Waals surface area contributed by atoms with Gasteiger partial charge in [-0.1, -0.05) is 12.1 Å². The molecule has 8 heteroatoms. The van der Waals surface area contributed by atoms with Gasteiger partial charge in [0.25, 0.3) is 11.8 Å². The molecule has 8 nitrogen and oxygen atoms in total. The molecule has 0 spiro atoms. The number of nitrogens with one attached hydrogen (secondary N) is 2. The van der Waals surface area contributed by atoms with Crippen LogP contribution >= 0.6 is 0 Å². The van der Waals surface area contributed by atoms with Gasteiger partial charge in [0.05, 0.1) is 22.1 Å². The van der Waals surface area contributed by atoms with E-state index in [1.54, 1.807) is 24.5 Å². The molecule has 0 atom stereocenters. The Kier molecular flexibility index (Phi) is 3.85. The summed E-state index contributed by atoms with van der Waals surface area (Å²) in [5.74, 6) is -2.20. The molecular weight excluding hydrogens is 384 g/mol. The molecule has 0 unspecified atom stereocenters. The summed E-state index contributed by atoms with van der Waals surface area (Å²) in [6.07, 6.45) is 9.68. The number of hydrogen-bond donors (Lipinski definition) is 2. The Morgan fingerprint density at radius 3 is 1.47 bits per heavy atom. The molecular formula is C22H12N4O4. The number of amides is 2. The van der Waals surface area contributed by atoms with Crippen molar-refractivity contribution >= 4 is 59.1 Å². The van der Waals surface area contributed by atoms with E-state index in [4.69, 9.17) is 0 Å². The van der Waals surface area contributed by atoms with Gasteiger partial charge >= 0.3 is 0 Å². The number of anilines is 2. The number of ketones is 2. The van der Waals surface area contributed by atoms with Crippen molar-refractivity contribution in [2.75, 3.05) is 10.6 Å². The first-order valence-electron chi connectivity index (χ1n) is 9.00. The Balaban J connectivity index is 0.000000128. The van der Waals surface area contributed by atoms with Gasteiger partial charge < -0.3 is 10.6 Å². The van der Waals surface area contributed by atoms with Crippen LogP contribution in [-0.2, 0) is 19.2 Å². The Labute approximate surface area is 168 Å². The van der Waals surface area contributed by atoms with Crippen LogP contribution in [0.4, 0.5) is 11.4 Å². The lowest BCUT2D eigenvalue weighted by molar-refractivity contribution is -0.131. The summed E-state index contributed by atoms with van der Waals surface area (Å²) < 4.78 is 0. The summed E-state index contributed by atoms with van der Waals surface area (Å²) >= 11 is 0. The molecule has 0 fully saturated rings. The van der Waals surface area contributed by atoms with Gasteiger partial charge in [-0.2, -0.15) is 0 Å². The number of carbonyl (C=O) groups excluding carboxylic acids is 4. The van der Waals surface area contributed by atoms with Gasteiger partial charge in [-0.25, -0.2) is 0 Å². The standard InChI is InChI=1S/2C11H6N2O2/c2*14-9-5-6-1-2-8-7(3-4-12-8)10(6)13-11(9)15/h2*1-5H,(H,13,15). The van der Waals surface area contributed by atoms with Crippen LogP contribution in [0.25, 0.3) is 24.3 Å². The molecule has 0 aromatic heterocycles. The zero-order valence-electron chi connectivity index (χ0n) is 15.3. The van der Waals surface area contributed by atoms with Crippen LogP contribution in [0.5, 0.6) is 0 Å². The van der Waals surface area contributed by atoms with Crippen molar-refractivity contribution in [3.63, 3.8) is 0 Å². The molecule has 30 heavy (non-hydrogen) atoms. The fraction of sp³-hybridized carbons (Fsp3) is 0. The van der Waals surface area contributed by atoms with Crippen LogP contribution in [0.3, 0.4) is 0 Å². The zero-order valence-corrected chi connectivity index (χ0v) is 15.3. The van der Waals surface area contributed by atoms with Crippen molar-refractivity contribution in [2.24, 2.45) is 9.98 Å². The monoisotopic (exact) mass is 396 g/mol. The highest BCUT2D eigenvalue weighted by molar-refractivity contribution is 6.52. The minimum atomic E-state index is -0.587. The van der Waals surface area contributed by atoms with E-state index < -0.39 is 23.4 Å². The third-order valence-corrected chi connectivity index (χ3v) is 4.92. The third-order valence-electron chi connectivity index (χ3n) is 4.92. The van der Waals surface area contributed by atoms with E-state index in [2.05, 4.69) is 20.6 Å². The molecule has 0 radical (unpaired) electrons. The number of Topliss-reactive ketones (excluding diaryl/α,β-unsaturated/α-hetero) is 2. The lowest BCUT2D eigenvalue weighted by atomic mass is 10.1. The molecule has 144 valence electrons. The molecule has 0 bridgehead atoms. The quantitative estimate of drug-likeness (QED) is 0.566. The Morgan fingerprint density at radius 2 is 1.03 bits per heavy atom. The normalized spacial score (nSPS) is 16.3. The number of benzene rings is 2. The van der Waals surface area contributed by atoms with E-state index in [9.17, 15) is 19.2 Å². The Bertz CT molecular complexity index is 1400. The van der Waals surface area contributed by atoms with Gasteiger partial charge in [0, 0.05) is 46.1 Å². The van der Waals surface area contributed by atoms with Crippen LogP contribution in [-0.4, -0.2) is 23.4 Å². The lowest BCUT2D eigenvalue weighted by Gasteiger charge is -2.11. The fourth-order valence-corrected chi connectivity index (χ4v) is 3.48. The molecule has 0 saturated carbocycles. The molecule has 0 aliphatic carbocycles.